The van der Waals surface area contributed by atoms with E-state index in [1.54, 1.807) is 0 Å². The second-order valence-electron chi connectivity index (χ2n) is 3.49. The third-order valence-electron chi connectivity index (χ3n) is 2.19. The molecular formula is C12H14N2O2. The normalized spacial score (nSPS) is 14.1. The lowest BCUT2D eigenvalue weighted by atomic mass is 10.1. The number of hydroxylamine groups is 1. The van der Waals surface area contributed by atoms with Gasteiger partial charge < -0.3 is 9.57 Å². The molecule has 0 saturated carbocycles. The summed E-state index contributed by atoms with van der Waals surface area (Å²) in [5.41, 5.74) is 4.74. The van der Waals surface area contributed by atoms with Gasteiger partial charge in [0.25, 0.3) is 0 Å². The molecule has 1 aliphatic heterocycles. The minimum atomic E-state index is 0.359. The molecule has 84 valence electrons. The van der Waals surface area contributed by atoms with Crippen molar-refractivity contribution in [1.29, 1.82) is 0 Å². The summed E-state index contributed by atoms with van der Waals surface area (Å²) >= 11 is 0. The number of amidine groups is 1. The number of aryl methyl sites for hydroxylation is 1. The molecule has 0 spiro atoms. The van der Waals surface area contributed by atoms with E-state index in [-0.39, 0.29) is 0 Å². The van der Waals surface area contributed by atoms with Crippen molar-refractivity contribution < 1.29 is 9.57 Å². The van der Waals surface area contributed by atoms with Crippen LogP contribution in [0.2, 0.25) is 0 Å². The summed E-state index contributed by atoms with van der Waals surface area (Å²) in [5.74, 6) is 1.79. The quantitative estimate of drug-likeness (QED) is 0.845. The first-order valence-corrected chi connectivity index (χ1v) is 5.15. The van der Waals surface area contributed by atoms with Crippen LogP contribution < -0.4 is 10.2 Å². The van der Waals surface area contributed by atoms with Crippen LogP contribution in [0.5, 0.6) is 5.75 Å². The van der Waals surface area contributed by atoms with Gasteiger partial charge in [0.15, 0.2) is 5.84 Å². The molecule has 0 atom stereocenters. The molecule has 0 radical (unpaired) electrons. The van der Waals surface area contributed by atoms with Gasteiger partial charge in [-0.3, -0.25) is 0 Å². The van der Waals surface area contributed by atoms with E-state index in [4.69, 9.17) is 9.57 Å². The SMILES string of the molecule is C=C1N=C(c2ccc(C)cc2OCC)NO1. The highest BCUT2D eigenvalue weighted by molar-refractivity contribution is 6.01. The van der Waals surface area contributed by atoms with Gasteiger partial charge in [0.05, 0.1) is 12.2 Å². The Hall–Kier alpha value is -1.97. The van der Waals surface area contributed by atoms with Gasteiger partial charge in [0, 0.05) is 0 Å². The molecule has 0 bridgehead atoms. The van der Waals surface area contributed by atoms with Crippen LogP contribution in [0.15, 0.2) is 35.7 Å². The minimum absolute atomic E-state index is 0.359. The first kappa shape index (κ1) is 10.5. The molecule has 16 heavy (non-hydrogen) atoms. The predicted octanol–water partition coefficient (Wildman–Crippen LogP) is 2.15. The molecule has 1 aliphatic rings. The number of aliphatic imine (C=N–C) groups is 1. The summed E-state index contributed by atoms with van der Waals surface area (Å²) in [6.07, 6.45) is 0. The summed E-state index contributed by atoms with van der Waals surface area (Å²) in [6.45, 7) is 8.20. The fourth-order valence-electron chi connectivity index (χ4n) is 1.49. The van der Waals surface area contributed by atoms with Crippen LogP contribution >= 0.6 is 0 Å². The molecule has 1 aromatic carbocycles. The Balaban J connectivity index is 2.39. The zero-order valence-corrected chi connectivity index (χ0v) is 9.41. The third kappa shape index (κ3) is 2.00. The average Bonchev–Trinajstić information content (AvgIpc) is 2.65. The van der Waals surface area contributed by atoms with E-state index >= 15 is 0 Å². The van der Waals surface area contributed by atoms with Gasteiger partial charge in [-0.1, -0.05) is 6.07 Å². The molecule has 4 nitrogen and oxygen atoms in total. The van der Waals surface area contributed by atoms with E-state index in [0.717, 1.165) is 16.9 Å². The van der Waals surface area contributed by atoms with Gasteiger partial charge >= 0.3 is 0 Å². The van der Waals surface area contributed by atoms with E-state index in [2.05, 4.69) is 17.1 Å². The maximum atomic E-state index is 5.56. The minimum Gasteiger partial charge on any atom is -0.493 e. The Morgan fingerprint density at radius 3 is 2.94 bits per heavy atom. The Kier molecular flexibility index (Phi) is 2.81. The standard InChI is InChI=1S/C12H14N2O2/c1-4-15-11-7-8(2)5-6-10(11)12-13-9(3)16-14-12/h5-7H,3-4H2,1-2H3,(H,13,14). The maximum absolute atomic E-state index is 5.56. The van der Waals surface area contributed by atoms with E-state index in [9.17, 15) is 0 Å². The molecule has 2 rings (SSSR count). The van der Waals surface area contributed by atoms with Crippen molar-refractivity contribution in [2.24, 2.45) is 4.99 Å². The fraction of sp³-hybridized carbons (Fsp3) is 0.250. The number of ether oxygens (including phenoxy) is 1. The Bertz CT molecular complexity index is 452. The highest BCUT2D eigenvalue weighted by Crippen LogP contribution is 2.22. The number of benzene rings is 1. The fourth-order valence-corrected chi connectivity index (χ4v) is 1.49. The van der Waals surface area contributed by atoms with Gasteiger partial charge in [-0.15, -0.1) is 0 Å². The zero-order chi connectivity index (χ0) is 11.5. The van der Waals surface area contributed by atoms with Gasteiger partial charge in [-0.05, 0) is 38.1 Å². The van der Waals surface area contributed by atoms with Crippen LogP contribution in [-0.2, 0) is 4.84 Å². The number of nitrogens with zero attached hydrogens (tertiary/aromatic N) is 1. The summed E-state index contributed by atoms with van der Waals surface area (Å²) < 4.78 is 5.56. The van der Waals surface area contributed by atoms with Crippen molar-refractivity contribution in [2.45, 2.75) is 13.8 Å². The molecule has 0 aliphatic carbocycles. The molecule has 0 amide bonds. The van der Waals surface area contributed by atoms with Crippen molar-refractivity contribution in [3.63, 3.8) is 0 Å². The monoisotopic (exact) mass is 218 g/mol. The Labute approximate surface area is 94.6 Å². The Morgan fingerprint density at radius 2 is 2.31 bits per heavy atom. The number of rotatable bonds is 3. The van der Waals surface area contributed by atoms with Crippen molar-refractivity contribution in [2.75, 3.05) is 6.61 Å². The van der Waals surface area contributed by atoms with E-state index in [1.165, 1.54) is 0 Å². The first-order valence-electron chi connectivity index (χ1n) is 5.15. The number of hydrogen-bond acceptors (Lipinski definition) is 4. The van der Waals surface area contributed by atoms with Crippen molar-refractivity contribution in [1.82, 2.24) is 5.48 Å². The molecule has 1 aromatic rings. The topological polar surface area (TPSA) is 42.8 Å². The lowest BCUT2D eigenvalue weighted by Crippen LogP contribution is -2.18. The van der Waals surface area contributed by atoms with Crippen molar-refractivity contribution >= 4 is 5.84 Å². The van der Waals surface area contributed by atoms with Crippen LogP contribution in [0, 0.1) is 6.92 Å². The van der Waals surface area contributed by atoms with E-state index in [1.807, 2.05) is 32.0 Å². The maximum Gasteiger partial charge on any atom is 0.240 e. The largest absolute Gasteiger partial charge is 0.493 e. The summed E-state index contributed by atoms with van der Waals surface area (Å²) in [7, 11) is 0. The van der Waals surface area contributed by atoms with Crippen LogP contribution in [-0.4, -0.2) is 12.4 Å². The van der Waals surface area contributed by atoms with Crippen LogP contribution in [0.1, 0.15) is 18.1 Å². The van der Waals surface area contributed by atoms with Crippen LogP contribution in [0.25, 0.3) is 0 Å². The molecule has 0 saturated heterocycles. The van der Waals surface area contributed by atoms with Gasteiger partial charge in [0.2, 0.25) is 5.88 Å². The van der Waals surface area contributed by atoms with Gasteiger partial charge in [0.1, 0.15) is 5.75 Å². The number of hydrogen-bond donors (Lipinski definition) is 1. The molecule has 0 fully saturated rings. The van der Waals surface area contributed by atoms with E-state index < -0.39 is 0 Å². The average molecular weight is 218 g/mol. The molecule has 4 heteroatoms. The molecule has 1 N–H and O–H groups in total. The van der Waals surface area contributed by atoms with Gasteiger partial charge in [-0.2, -0.15) is 4.99 Å². The second kappa shape index (κ2) is 4.26. The zero-order valence-electron chi connectivity index (χ0n) is 9.41. The van der Waals surface area contributed by atoms with Crippen LogP contribution in [0.4, 0.5) is 0 Å². The van der Waals surface area contributed by atoms with Gasteiger partial charge in [-0.25, -0.2) is 5.48 Å². The first-order chi connectivity index (χ1) is 7.70. The predicted molar refractivity (Wildman–Crippen MR) is 62.2 cm³/mol. The third-order valence-corrected chi connectivity index (χ3v) is 2.19. The molecule has 1 heterocycles. The lowest BCUT2D eigenvalue weighted by Gasteiger charge is -2.10. The molecule has 0 aromatic heterocycles. The highest BCUT2D eigenvalue weighted by Gasteiger charge is 2.16. The molecular weight excluding hydrogens is 204 g/mol. The van der Waals surface area contributed by atoms with E-state index in [0.29, 0.717) is 18.3 Å². The highest BCUT2D eigenvalue weighted by atomic mass is 16.7. The summed E-state index contributed by atoms with van der Waals surface area (Å²) in [5, 5.41) is 0. The van der Waals surface area contributed by atoms with Crippen molar-refractivity contribution in [3.05, 3.63) is 41.8 Å². The smallest absolute Gasteiger partial charge is 0.240 e. The lowest BCUT2D eigenvalue weighted by molar-refractivity contribution is 0.179. The Morgan fingerprint density at radius 1 is 1.50 bits per heavy atom. The van der Waals surface area contributed by atoms with Crippen LogP contribution in [0.3, 0.4) is 0 Å². The summed E-state index contributed by atoms with van der Waals surface area (Å²) in [4.78, 5) is 9.12. The molecule has 0 unspecified atom stereocenters. The number of nitrogens with one attached hydrogen (secondary N) is 1. The summed E-state index contributed by atoms with van der Waals surface area (Å²) in [6, 6.07) is 5.93. The second-order valence-corrected chi connectivity index (χ2v) is 3.49. The van der Waals surface area contributed by atoms with Crippen molar-refractivity contribution in [3.8, 4) is 5.75 Å².